The van der Waals surface area contributed by atoms with E-state index >= 15 is 0 Å². The van der Waals surface area contributed by atoms with Crippen LogP contribution in [0.3, 0.4) is 0 Å². The van der Waals surface area contributed by atoms with E-state index in [0.29, 0.717) is 38.3 Å². The van der Waals surface area contributed by atoms with Crippen molar-refractivity contribution in [1.29, 1.82) is 0 Å². The quantitative estimate of drug-likeness (QED) is 0.361. The van der Waals surface area contributed by atoms with Crippen LogP contribution in [0.1, 0.15) is 5.56 Å². The molecule has 0 aromatic heterocycles. The fourth-order valence-corrected chi connectivity index (χ4v) is 2.33. The van der Waals surface area contributed by atoms with E-state index in [4.69, 9.17) is 10.9 Å². The maximum atomic E-state index is 13.5. The van der Waals surface area contributed by atoms with Gasteiger partial charge in [0, 0.05) is 26.2 Å². The third kappa shape index (κ3) is 4.16. The first-order chi connectivity index (χ1) is 10.1. The van der Waals surface area contributed by atoms with E-state index in [9.17, 15) is 9.18 Å². The Kier molecular flexibility index (Phi) is 5.10. The molecule has 1 aliphatic rings. The van der Waals surface area contributed by atoms with Crippen molar-refractivity contribution in [3.05, 3.63) is 35.6 Å². The van der Waals surface area contributed by atoms with Crippen molar-refractivity contribution in [2.75, 3.05) is 32.7 Å². The second-order valence-electron chi connectivity index (χ2n) is 5.02. The van der Waals surface area contributed by atoms with Crippen LogP contribution in [0.5, 0.6) is 0 Å². The summed E-state index contributed by atoms with van der Waals surface area (Å²) in [5.41, 5.74) is 5.87. The summed E-state index contributed by atoms with van der Waals surface area (Å²) in [6, 6.07) is 6.31. The number of halogens is 1. The molecule has 2 rings (SSSR count). The van der Waals surface area contributed by atoms with Crippen LogP contribution in [0.25, 0.3) is 0 Å². The number of carbonyl (C=O) groups excluding carboxylic acids is 1. The van der Waals surface area contributed by atoms with Gasteiger partial charge in [0.15, 0.2) is 5.84 Å². The second-order valence-corrected chi connectivity index (χ2v) is 5.02. The minimum atomic E-state index is -0.351. The van der Waals surface area contributed by atoms with Gasteiger partial charge in [0.05, 0.1) is 13.0 Å². The number of piperazine rings is 1. The van der Waals surface area contributed by atoms with Gasteiger partial charge in [-0.3, -0.25) is 9.69 Å². The molecular formula is C14H19FN4O2. The Morgan fingerprint density at radius 2 is 1.95 bits per heavy atom. The van der Waals surface area contributed by atoms with Gasteiger partial charge in [-0.15, -0.1) is 0 Å². The Morgan fingerprint density at radius 3 is 2.57 bits per heavy atom. The van der Waals surface area contributed by atoms with Gasteiger partial charge in [0.25, 0.3) is 0 Å². The number of hydrogen-bond acceptors (Lipinski definition) is 4. The molecule has 1 amide bonds. The van der Waals surface area contributed by atoms with Gasteiger partial charge in [-0.2, -0.15) is 0 Å². The molecule has 1 saturated heterocycles. The van der Waals surface area contributed by atoms with E-state index < -0.39 is 0 Å². The Bertz CT molecular complexity index is 527. The SMILES string of the molecule is NC(CN1CCN(C(=O)Cc2ccccc2F)CC1)=NO. The zero-order valence-corrected chi connectivity index (χ0v) is 11.7. The number of oxime groups is 1. The highest BCUT2D eigenvalue weighted by atomic mass is 19.1. The van der Waals surface area contributed by atoms with Crippen LogP contribution in [0, 0.1) is 5.82 Å². The van der Waals surface area contributed by atoms with E-state index in [-0.39, 0.29) is 24.0 Å². The molecule has 0 saturated carbocycles. The molecule has 7 heteroatoms. The van der Waals surface area contributed by atoms with Crippen LogP contribution in [-0.4, -0.2) is 59.5 Å². The summed E-state index contributed by atoms with van der Waals surface area (Å²) in [6.07, 6.45) is 0.0763. The van der Waals surface area contributed by atoms with Crippen LogP contribution < -0.4 is 5.73 Å². The molecule has 0 spiro atoms. The third-order valence-electron chi connectivity index (χ3n) is 3.54. The summed E-state index contributed by atoms with van der Waals surface area (Å²) >= 11 is 0. The third-order valence-corrected chi connectivity index (χ3v) is 3.54. The van der Waals surface area contributed by atoms with Crippen molar-refractivity contribution in [3.63, 3.8) is 0 Å². The van der Waals surface area contributed by atoms with E-state index in [1.807, 2.05) is 4.90 Å². The maximum absolute atomic E-state index is 13.5. The lowest BCUT2D eigenvalue weighted by atomic mass is 10.1. The number of amides is 1. The Morgan fingerprint density at radius 1 is 1.29 bits per heavy atom. The van der Waals surface area contributed by atoms with Crippen molar-refractivity contribution in [2.45, 2.75) is 6.42 Å². The topological polar surface area (TPSA) is 82.2 Å². The standard InChI is InChI=1S/C14H19FN4O2/c15-12-4-2-1-3-11(12)9-14(20)19-7-5-18(6-8-19)10-13(16)17-21/h1-4,21H,5-10H2,(H2,16,17). The average molecular weight is 294 g/mol. The van der Waals surface area contributed by atoms with Crippen molar-refractivity contribution >= 4 is 11.7 Å². The molecule has 21 heavy (non-hydrogen) atoms. The molecule has 0 radical (unpaired) electrons. The molecule has 1 aromatic rings. The van der Waals surface area contributed by atoms with Crippen LogP contribution in [0.15, 0.2) is 29.4 Å². The van der Waals surface area contributed by atoms with Gasteiger partial charge in [0.2, 0.25) is 5.91 Å². The molecule has 0 aliphatic carbocycles. The summed E-state index contributed by atoms with van der Waals surface area (Å²) in [5.74, 6) is -0.277. The summed E-state index contributed by atoms with van der Waals surface area (Å²) in [6.45, 7) is 2.81. The lowest BCUT2D eigenvalue weighted by Crippen LogP contribution is -2.51. The highest BCUT2D eigenvalue weighted by molar-refractivity contribution is 5.82. The summed E-state index contributed by atoms with van der Waals surface area (Å²) in [5, 5.41) is 11.5. The van der Waals surface area contributed by atoms with Gasteiger partial charge in [-0.1, -0.05) is 23.4 Å². The Balaban J connectivity index is 1.85. The zero-order chi connectivity index (χ0) is 15.2. The molecule has 1 heterocycles. The number of hydrogen-bond donors (Lipinski definition) is 2. The minimum absolute atomic E-state index is 0.0763. The van der Waals surface area contributed by atoms with Gasteiger partial charge < -0.3 is 15.8 Å². The summed E-state index contributed by atoms with van der Waals surface area (Å²) in [7, 11) is 0. The van der Waals surface area contributed by atoms with Crippen LogP contribution >= 0.6 is 0 Å². The molecule has 1 fully saturated rings. The van der Waals surface area contributed by atoms with E-state index in [2.05, 4.69) is 5.16 Å². The smallest absolute Gasteiger partial charge is 0.227 e. The number of rotatable bonds is 4. The second kappa shape index (κ2) is 7.03. The first-order valence-corrected chi connectivity index (χ1v) is 6.80. The summed E-state index contributed by atoms with van der Waals surface area (Å²) < 4.78 is 13.5. The normalized spacial score (nSPS) is 17.0. The average Bonchev–Trinajstić information content (AvgIpc) is 2.50. The van der Waals surface area contributed by atoms with Gasteiger partial charge in [-0.25, -0.2) is 4.39 Å². The maximum Gasteiger partial charge on any atom is 0.227 e. The number of carbonyl (C=O) groups is 1. The molecule has 6 nitrogen and oxygen atoms in total. The molecular weight excluding hydrogens is 275 g/mol. The van der Waals surface area contributed by atoms with E-state index in [1.165, 1.54) is 6.07 Å². The highest BCUT2D eigenvalue weighted by Gasteiger charge is 2.22. The molecule has 0 unspecified atom stereocenters. The van der Waals surface area contributed by atoms with Crippen LogP contribution in [0.4, 0.5) is 4.39 Å². The molecule has 0 bridgehead atoms. The monoisotopic (exact) mass is 294 g/mol. The predicted octanol–water partition coefficient (Wildman–Crippen LogP) is 0.259. The van der Waals surface area contributed by atoms with Gasteiger partial charge in [0.1, 0.15) is 5.82 Å². The number of nitrogens with zero attached hydrogens (tertiary/aromatic N) is 3. The fraction of sp³-hybridized carbons (Fsp3) is 0.429. The van der Waals surface area contributed by atoms with Crippen molar-refractivity contribution < 1.29 is 14.4 Å². The number of benzene rings is 1. The van der Waals surface area contributed by atoms with E-state index in [1.54, 1.807) is 23.1 Å². The largest absolute Gasteiger partial charge is 0.409 e. The van der Waals surface area contributed by atoms with E-state index in [0.717, 1.165) is 0 Å². The fourth-order valence-electron chi connectivity index (χ4n) is 2.33. The number of nitrogens with two attached hydrogens (primary N) is 1. The van der Waals surface area contributed by atoms with Gasteiger partial charge in [-0.05, 0) is 11.6 Å². The Labute approximate surface area is 122 Å². The van der Waals surface area contributed by atoms with Crippen molar-refractivity contribution in [2.24, 2.45) is 10.9 Å². The molecule has 0 atom stereocenters. The van der Waals surface area contributed by atoms with Crippen LogP contribution in [-0.2, 0) is 11.2 Å². The zero-order valence-electron chi connectivity index (χ0n) is 11.7. The number of amidine groups is 1. The lowest BCUT2D eigenvalue weighted by molar-refractivity contribution is -0.132. The van der Waals surface area contributed by atoms with Crippen LogP contribution in [0.2, 0.25) is 0 Å². The highest BCUT2D eigenvalue weighted by Crippen LogP contribution is 2.10. The molecule has 114 valence electrons. The first kappa shape index (κ1) is 15.2. The predicted molar refractivity (Wildman–Crippen MR) is 76.5 cm³/mol. The summed E-state index contributed by atoms with van der Waals surface area (Å²) in [4.78, 5) is 15.9. The minimum Gasteiger partial charge on any atom is -0.409 e. The Hall–Kier alpha value is -2.15. The lowest BCUT2D eigenvalue weighted by Gasteiger charge is -2.34. The van der Waals surface area contributed by atoms with Crippen molar-refractivity contribution in [3.8, 4) is 0 Å². The molecule has 1 aromatic carbocycles. The van der Waals surface area contributed by atoms with Gasteiger partial charge >= 0.3 is 0 Å². The first-order valence-electron chi connectivity index (χ1n) is 6.80. The molecule has 1 aliphatic heterocycles. The van der Waals surface area contributed by atoms with Crippen molar-refractivity contribution in [1.82, 2.24) is 9.80 Å². The molecule has 3 N–H and O–H groups in total.